The Bertz CT molecular complexity index is 1530. The second-order valence-corrected chi connectivity index (χ2v) is 11.4. The van der Waals surface area contributed by atoms with Gasteiger partial charge in [0.2, 0.25) is 0 Å². The van der Waals surface area contributed by atoms with Gasteiger partial charge in [-0.25, -0.2) is 9.59 Å². The summed E-state index contributed by atoms with van der Waals surface area (Å²) in [5.74, 6) is 1.58. The van der Waals surface area contributed by atoms with Gasteiger partial charge in [0.1, 0.15) is 29.6 Å². The maximum absolute atomic E-state index is 13.4. The molecule has 47 heavy (non-hydrogen) atoms. The number of unbranched alkanes of at least 4 members (excludes halogenated alkanes) is 1. The van der Waals surface area contributed by atoms with Crippen molar-refractivity contribution in [1.29, 1.82) is 0 Å². The number of hydrogen-bond acceptors (Lipinski definition) is 6. The SMILES string of the molecule is CCOC(Cc1ccc(OCCN(CCCCOc2cc(Cl)cc(Cl)c2)C(=O)Nc2ccc(Oc3ccccc3)cc2)cc1)C(=O)O. The van der Waals surface area contributed by atoms with Gasteiger partial charge in [-0.3, -0.25) is 0 Å². The smallest absolute Gasteiger partial charge is 0.333 e. The highest BCUT2D eigenvalue weighted by molar-refractivity contribution is 6.34. The first kappa shape index (κ1) is 35.4. The van der Waals surface area contributed by atoms with Crippen LogP contribution in [0.1, 0.15) is 25.3 Å². The van der Waals surface area contributed by atoms with E-state index in [1.165, 1.54) is 0 Å². The molecule has 0 saturated heterocycles. The number of halogens is 2. The molecule has 248 valence electrons. The van der Waals surface area contributed by atoms with Crippen molar-refractivity contribution in [3.8, 4) is 23.0 Å². The quantitative estimate of drug-likeness (QED) is 0.101. The number of ether oxygens (including phenoxy) is 4. The Kier molecular flexibility index (Phi) is 14.0. The maximum atomic E-state index is 13.4. The van der Waals surface area contributed by atoms with Crippen LogP contribution < -0.4 is 19.5 Å². The predicted octanol–water partition coefficient (Wildman–Crippen LogP) is 8.59. The summed E-state index contributed by atoms with van der Waals surface area (Å²) in [7, 11) is 0. The third-order valence-electron chi connectivity index (χ3n) is 6.92. The van der Waals surface area contributed by atoms with E-state index >= 15 is 0 Å². The summed E-state index contributed by atoms with van der Waals surface area (Å²) in [6, 6.07) is 28.6. The number of aliphatic carboxylic acids is 1. The summed E-state index contributed by atoms with van der Waals surface area (Å²) in [4.78, 5) is 26.5. The highest BCUT2D eigenvalue weighted by atomic mass is 35.5. The van der Waals surface area contributed by atoms with Crippen molar-refractivity contribution in [3.05, 3.63) is 113 Å². The van der Waals surface area contributed by atoms with Gasteiger partial charge in [0.05, 0.1) is 13.2 Å². The largest absolute Gasteiger partial charge is 0.493 e. The maximum Gasteiger partial charge on any atom is 0.333 e. The number of para-hydroxylation sites is 1. The van der Waals surface area contributed by atoms with Gasteiger partial charge in [-0.1, -0.05) is 53.5 Å². The van der Waals surface area contributed by atoms with E-state index in [2.05, 4.69) is 5.32 Å². The number of carbonyl (C=O) groups excluding carboxylic acids is 1. The molecule has 9 nitrogen and oxygen atoms in total. The number of nitrogens with zero attached hydrogens (tertiary/aromatic N) is 1. The first-order chi connectivity index (χ1) is 22.8. The molecule has 0 heterocycles. The Labute approximate surface area is 284 Å². The molecule has 4 rings (SSSR count). The van der Waals surface area contributed by atoms with Gasteiger partial charge in [-0.15, -0.1) is 0 Å². The zero-order valence-electron chi connectivity index (χ0n) is 26.1. The van der Waals surface area contributed by atoms with E-state index in [-0.39, 0.29) is 19.1 Å². The van der Waals surface area contributed by atoms with E-state index < -0.39 is 12.1 Å². The van der Waals surface area contributed by atoms with E-state index in [4.69, 9.17) is 42.1 Å². The van der Waals surface area contributed by atoms with Crippen LogP contribution in [-0.2, 0) is 16.0 Å². The first-order valence-corrected chi connectivity index (χ1v) is 16.1. The van der Waals surface area contributed by atoms with Crippen molar-refractivity contribution in [2.75, 3.05) is 38.2 Å². The summed E-state index contributed by atoms with van der Waals surface area (Å²) >= 11 is 12.1. The number of urea groups is 1. The molecule has 0 aromatic heterocycles. The van der Waals surface area contributed by atoms with Crippen LogP contribution in [0, 0.1) is 0 Å². The molecule has 0 aliphatic rings. The molecule has 0 aliphatic heterocycles. The fourth-order valence-corrected chi connectivity index (χ4v) is 5.09. The van der Waals surface area contributed by atoms with Crippen LogP contribution in [0.2, 0.25) is 10.0 Å². The molecule has 0 bridgehead atoms. The third-order valence-corrected chi connectivity index (χ3v) is 7.35. The Morgan fingerprint density at radius 1 is 0.766 bits per heavy atom. The van der Waals surface area contributed by atoms with E-state index in [0.717, 1.165) is 11.3 Å². The summed E-state index contributed by atoms with van der Waals surface area (Å²) in [6.45, 7) is 3.57. The van der Waals surface area contributed by atoms with Crippen LogP contribution in [0.3, 0.4) is 0 Å². The molecular weight excluding hydrogens is 643 g/mol. The monoisotopic (exact) mass is 680 g/mol. The number of nitrogens with one attached hydrogen (secondary N) is 1. The number of anilines is 1. The average Bonchev–Trinajstić information content (AvgIpc) is 3.05. The lowest BCUT2D eigenvalue weighted by molar-refractivity contribution is -0.149. The third kappa shape index (κ3) is 12.4. The van der Waals surface area contributed by atoms with Gasteiger partial charge in [-0.05, 0) is 92.1 Å². The van der Waals surface area contributed by atoms with Crippen molar-refractivity contribution in [2.45, 2.75) is 32.3 Å². The molecule has 4 aromatic rings. The molecule has 0 aliphatic carbocycles. The lowest BCUT2D eigenvalue weighted by Crippen LogP contribution is -2.38. The minimum atomic E-state index is -0.998. The molecular formula is C36H38Cl2N2O7. The van der Waals surface area contributed by atoms with Crippen LogP contribution in [0.15, 0.2) is 97.1 Å². The molecule has 4 aromatic carbocycles. The zero-order chi connectivity index (χ0) is 33.4. The topological polar surface area (TPSA) is 107 Å². The molecule has 0 fully saturated rings. The van der Waals surface area contributed by atoms with Crippen molar-refractivity contribution in [2.24, 2.45) is 0 Å². The predicted molar refractivity (Wildman–Crippen MR) is 183 cm³/mol. The van der Waals surface area contributed by atoms with Crippen molar-refractivity contribution >= 4 is 40.9 Å². The number of carboxylic acids is 1. The van der Waals surface area contributed by atoms with Crippen LogP contribution >= 0.6 is 23.2 Å². The van der Waals surface area contributed by atoms with Gasteiger partial charge >= 0.3 is 12.0 Å². The normalized spacial score (nSPS) is 11.4. The van der Waals surface area contributed by atoms with E-state index in [0.29, 0.717) is 72.1 Å². The van der Waals surface area contributed by atoms with Crippen LogP contribution in [-0.4, -0.2) is 61.0 Å². The molecule has 2 amide bonds. The van der Waals surface area contributed by atoms with Crippen LogP contribution in [0.4, 0.5) is 10.5 Å². The zero-order valence-corrected chi connectivity index (χ0v) is 27.6. The van der Waals surface area contributed by atoms with Crippen LogP contribution in [0.25, 0.3) is 0 Å². The summed E-state index contributed by atoms with van der Waals surface area (Å²) < 4.78 is 22.9. The van der Waals surface area contributed by atoms with Gasteiger partial charge < -0.3 is 34.3 Å². The second kappa shape index (κ2) is 18.6. The van der Waals surface area contributed by atoms with Gasteiger partial charge in [0.25, 0.3) is 0 Å². The van der Waals surface area contributed by atoms with Crippen molar-refractivity contribution in [3.63, 3.8) is 0 Å². The summed E-state index contributed by atoms with van der Waals surface area (Å²) in [5, 5.41) is 13.3. The Morgan fingerprint density at radius 2 is 1.40 bits per heavy atom. The number of carboxylic acid groups (broad SMARTS) is 1. The molecule has 1 unspecified atom stereocenters. The minimum Gasteiger partial charge on any atom is -0.493 e. The Morgan fingerprint density at radius 3 is 2.06 bits per heavy atom. The lowest BCUT2D eigenvalue weighted by atomic mass is 10.1. The van der Waals surface area contributed by atoms with E-state index in [1.54, 1.807) is 66.4 Å². The highest BCUT2D eigenvalue weighted by Gasteiger charge is 2.18. The average molecular weight is 682 g/mol. The molecule has 0 spiro atoms. The Hall–Kier alpha value is -4.44. The molecule has 2 N–H and O–H groups in total. The fourth-order valence-electron chi connectivity index (χ4n) is 4.58. The minimum absolute atomic E-state index is 0.255. The van der Waals surface area contributed by atoms with Gasteiger partial charge in [0, 0.05) is 35.3 Å². The highest BCUT2D eigenvalue weighted by Crippen LogP contribution is 2.25. The van der Waals surface area contributed by atoms with Crippen molar-refractivity contribution in [1.82, 2.24) is 4.90 Å². The summed E-state index contributed by atoms with van der Waals surface area (Å²) in [6.07, 6.45) is 0.733. The van der Waals surface area contributed by atoms with E-state index in [1.807, 2.05) is 42.5 Å². The first-order valence-electron chi connectivity index (χ1n) is 15.3. The lowest BCUT2D eigenvalue weighted by Gasteiger charge is -2.23. The molecule has 0 saturated carbocycles. The number of benzene rings is 4. The standard InChI is InChI=1S/C36H38Cl2N2O7/c1-2-44-34(35(41)42)22-26-10-14-30(15-11-26)46-21-19-40(18-6-7-20-45-33-24-27(37)23-28(38)25-33)36(43)39-29-12-16-32(17-13-29)47-31-8-4-3-5-9-31/h3-5,8-17,23-25,34H,2,6-7,18-22H2,1H3,(H,39,43)(H,41,42). The van der Waals surface area contributed by atoms with Crippen molar-refractivity contribution < 1.29 is 33.6 Å². The Balaban J connectivity index is 1.31. The number of amides is 2. The number of hydrogen-bond donors (Lipinski definition) is 2. The van der Waals surface area contributed by atoms with Gasteiger partial charge in [-0.2, -0.15) is 0 Å². The molecule has 1 atom stereocenters. The van der Waals surface area contributed by atoms with Gasteiger partial charge in [0.15, 0.2) is 6.10 Å². The molecule has 11 heteroatoms. The number of carbonyl (C=O) groups is 2. The number of rotatable bonds is 18. The van der Waals surface area contributed by atoms with E-state index in [9.17, 15) is 14.7 Å². The van der Waals surface area contributed by atoms with Crippen LogP contribution in [0.5, 0.6) is 23.0 Å². The summed E-state index contributed by atoms with van der Waals surface area (Å²) in [5.41, 5.74) is 1.45. The second-order valence-electron chi connectivity index (χ2n) is 10.5. The molecule has 0 radical (unpaired) electrons. The fraction of sp³-hybridized carbons (Fsp3) is 0.278.